The second-order valence-corrected chi connectivity index (χ2v) is 2.82. The molecular formula is C13H31NO3. The topological polar surface area (TPSA) is 47.6 Å². The normalized spacial score (nSPS) is 8.59. The van der Waals surface area contributed by atoms with Crippen LogP contribution in [0.2, 0.25) is 0 Å². The molecule has 0 aromatic heterocycles. The third kappa shape index (κ3) is 31.3. The Balaban J connectivity index is -0.000000439. The molecule has 106 valence electrons. The summed E-state index contributed by atoms with van der Waals surface area (Å²) in [7, 11) is 1.89. The molecule has 0 amide bonds. The minimum absolute atomic E-state index is 0.0658. The van der Waals surface area contributed by atoms with Crippen LogP contribution in [0.5, 0.6) is 0 Å². The van der Waals surface area contributed by atoms with Crippen molar-refractivity contribution in [1.29, 1.82) is 0 Å². The lowest BCUT2D eigenvalue weighted by molar-refractivity contribution is -0.121. The van der Waals surface area contributed by atoms with E-state index in [9.17, 15) is 4.79 Å². The zero-order valence-electron chi connectivity index (χ0n) is 12.5. The van der Waals surface area contributed by atoms with E-state index >= 15 is 0 Å². The van der Waals surface area contributed by atoms with Gasteiger partial charge in [0.2, 0.25) is 0 Å². The standard InChI is InChI=1S/C9H19NO3.2C2H6/c1-9(11)8-13-6-3-5-12-7-4-10-2;2*1-2/h10H,3-8H2,1-2H3;2*1-2H3. The number of ketones is 1. The van der Waals surface area contributed by atoms with Crippen molar-refractivity contribution in [3.05, 3.63) is 0 Å². The monoisotopic (exact) mass is 249 g/mol. The van der Waals surface area contributed by atoms with Crippen LogP contribution < -0.4 is 5.32 Å². The maximum Gasteiger partial charge on any atom is 0.155 e. The van der Waals surface area contributed by atoms with E-state index in [0.29, 0.717) is 13.2 Å². The molecule has 1 N–H and O–H groups in total. The van der Waals surface area contributed by atoms with Gasteiger partial charge in [0.05, 0.1) is 6.61 Å². The SMILES string of the molecule is CC.CC.CNCCOCCCOCC(C)=O. The molecule has 0 fully saturated rings. The van der Waals surface area contributed by atoms with Crippen LogP contribution in [0.3, 0.4) is 0 Å². The summed E-state index contributed by atoms with van der Waals surface area (Å²) in [6.45, 7) is 12.6. The van der Waals surface area contributed by atoms with E-state index in [-0.39, 0.29) is 12.4 Å². The van der Waals surface area contributed by atoms with Crippen LogP contribution in [0.15, 0.2) is 0 Å². The minimum Gasteiger partial charge on any atom is -0.380 e. The summed E-state index contributed by atoms with van der Waals surface area (Å²) >= 11 is 0. The van der Waals surface area contributed by atoms with Crippen LogP contribution in [-0.4, -0.2) is 45.8 Å². The summed E-state index contributed by atoms with van der Waals surface area (Å²) in [5, 5.41) is 2.98. The van der Waals surface area contributed by atoms with Crippen LogP contribution in [0, 0.1) is 0 Å². The molecule has 4 heteroatoms. The van der Waals surface area contributed by atoms with Gasteiger partial charge in [-0.25, -0.2) is 0 Å². The van der Waals surface area contributed by atoms with Crippen molar-refractivity contribution in [2.24, 2.45) is 0 Å². The van der Waals surface area contributed by atoms with Crippen molar-refractivity contribution in [2.45, 2.75) is 41.0 Å². The molecule has 0 radical (unpaired) electrons. The molecule has 0 spiro atoms. The van der Waals surface area contributed by atoms with Crippen LogP contribution in [0.4, 0.5) is 0 Å². The van der Waals surface area contributed by atoms with Crippen LogP contribution >= 0.6 is 0 Å². The third-order valence-corrected chi connectivity index (χ3v) is 1.38. The van der Waals surface area contributed by atoms with Crippen molar-refractivity contribution in [1.82, 2.24) is 5.32 Å². The van der Waals surface area contributed by atoms with Crippen LogP contribution in [0.25, 0.3) is 0 Å². The summed E-state index contributed by atoms with van der Waals surface area (Å²) < 4.78 is 10.3. The summed E-state index contributed by atoms with van der Waals surface area (Å²) in [6.07, 6.45) is 0.844. The van der Waals surface area contributed by atoms with Crippen molar-refractivity contribution in [3.63, 3.8) is 0 Å². The lowest BCUT2D eigenvalue weighted by atomic mass is 10.4. The summed E-state index contributed by atoms with van der Waals surface area (Å²) in [4.78, 5) is 10.5. The smallest absolute Gasteiger partial charge is 0.155 e. The number of hydrogen-bond donors (Lipinski definition) is 1. The first-order valence-electron chi connectivity index (χ1n) is 6.57. The second-order valence-electron chi connectivity index (χ2n) is 2.82. The number of carbonyl (C=O) groups excluding carboxylic acids is 1. The molecule has 0 bridgehead atoms. The molecule has 0 saturated carbocycles. The van der Waals surface area contributed by atoms with Gasteiger partial charge in [-0.3, -0.25) is 4.79 Å². The van der Waals surface area contributed by atoms with E-state index in [1.165, 1.54) is 6.92 Å². The van der Waals surface area contributed by atoms with Gasteiger partial charge >= 0.3 is 0 Å². The maximum atomic E-state index is 10.5. The Morgan fingerprint density at radius 3 is 2.00 bits per heavy atom. The molecule has 0 saturated heterocycles. The Kier molecular flexibility index (Phi) is 31.6. The van der Waals surface area contributed by atoms with Gasteiger partial charge in [-0.1, -0.05) is 27.7 Å². The van der Waals surface area contributed by atoms with Gasteiger partial charge in [0, 0.05) is 19.8 Å². The molecule has 0 aliphatic rings. The molecule has 4 nitrogen and oxygen atoms in total. The molecule has 0 aliphatic heterocycles. The Morgan fingerprint density at radius 1 is 1.00 bits per heavy atom. The second kappa shape index (κ2) is 24.7. The van der Waals surface area contributed by atoms with Crippen molar-refractivity contribution in [2.75, 3.05) is 40.0 Å². The summed E-state index contributed by atoms with van der Waals surface area (Å²) in [5.74, 6) is 0.0658. The van der Waals surface area contributed by atoms with Gasteiger partial charge in [0.15, 0.2) is 5.78 Å². The molecule has 0 atom stereocenters. The highest BCUT2D eigenvalue weighted by Crippen LogP contribution is 1.85. The van der Waals surface area contributed by atoms with E-state index < -0.39 is 0 Å². The molecule has 0 heterocycles. The van der Waals surface area contributed by atoms with Gasteiger partial charge in [-0.05, 0) is 20.4 Å². The highest BCUT2D eigenvalue weighted by Gasteiger charge is 1.93. The number of Topliss-reactive ketones (excluding diaryl/α,β-unsaturated/α-hetero) is 1. The zero-order chi connectivity index (χ0) is 13.9. The lowest BCUT2D eigenvalue weighted by Gasteiger charge is -2.03. The molecule has 0 aromatic carbocycles. The van der Waals surface area contributed by atoms with E-state index in [2.05, 4.69) is 5.32 Å². The zero-order valence-corrected chi connectivity index (χ0v) is 12.5. The number of likely N-dealkylation sites (N-methyl/N-ethyl adjacent to an activating group) is 1. The number of nitrogens with one attached hydrogen (secondary N) is 1. The first-order chi connectivity index (χ1) is 8.27. The molecule has 0 aromatic rings. The maximum absolute atomic E-state index is 10.5. The Hall–Kier alpha value is -0.450. The summed E-state index contributed by atoms with van der Waals surface area (Å²) in [5.41, 5.74) is 0. The Morgan fingerprint density at radius 2 is 1.53 bits per heavy atom. The Bertz CT molecular complexity index is 130. The quantitative estimate of drug-likeness (QED) is 0.637. The summed E-state index contributed by atoms with van der Waals surface area (Å²) in [6, 6.07) is 0. The number of carbonyl (C=O) groups is 1. The fourth-order valence-electron chi connectivity index (χ4n) is 0.755. The fraction of sp³-hybridized carbons (Fsp3) is 0.923. The first kappa shape index (κ1) is 21.8. The van der Waals surface area contributed by atoms with E-state index in [4.69, 9.17) is 9.47 Å². The van der Waals surface area contributed by atoms with Crippen molar-refractivity contribution >= 4 is 5.78 Å². The van der Waals surface area contributed by atoms with Crippen LogP contribution in [-0.2, 0) is 14.3 Å². The molecule has 0 unspecified atom stereocenters. The first-order valence-corrected chi connectivity index (χ1v) is 6.57. The van der Waals surface area contributed by atoms with Gasteiger partial charge in [0.25, 0.3) is 0 Å². The lowest BCUT2D eigenvalue weighted by Crippen LogP contribution is -2.15. The highest BCUT2D eigenvalue weighted by atomic mass is 16.5. The Labute approximate surface area is 107 Å². The molecule has 0 aliphatic carbocycles. The molecule has 17 heavy (non-hydrogen) atoms. The van der Waals surface area contributed by atoms with Gasteiger partial charge in [-0.15, -0.1) is 0 Å². The van der Waals surface area contributed by atoms with Gasteiger partial charge in [0.1, 0.15) is 6.61 Å². The molecule has 0 rings (SSSR count). The van der Waals surface area contributed by atoms with Crippen LogP contribution in [0.1, 0.15) is 41.0 Å². The number of hydrogen-bond acceptors (Lipinski definition) is 4. The van der Waals surface area contributed by atoms with Gasteiger partial charge < -0.3 is 14.8 Å². The fourth-order valence-corrected chi connectivity index (χ4v) is 0.755. The highest BCUT2D eigenvalue weighted by molar-refractivity contribution is 5.76. The average Bonchev–Trinajstić information content (AvgIpc) is 2.37. The predicted octanol–water partition coefficient (Wildman–Crippen LogP) is 2.27. The van der Waals surface area contributed by atoms with E-state index in [1.807, 2.05) is 34.7 Å². The van der Waals surface area contributed by atoms with E-state index in [0.717, 1.165) is 19.6 Å². The average molecular weight is 249 g/mol. The van der Waals surface area contributed by atoms with Gasteiger partial charge in [-0.2, -0.15) is 0 Å². The number of ether oxygens (including phenoxy) is 2. The van der Waals surface area contributed by atoms with Crippen molar-refractivity contribution < 1.29 is 14.3 Å². The van der Waals surface area contributed by atoms with Crippen molar-refractivity contribution in [3.8, 4) is 0 Å². The largest absolute Gasteiger partial charge is 0.380 e. The minimum atomic E-state index is 0.0658. The molecular weight excluding hydrogens is 218 g/mol. The predicted molar refractivity (Wildman–Crippen MR) is 73.6 cm³/mol. The van der Waals surface area contributed by atoms with E-state index in [1.54, 1.807) is 0 Å². The number of rotatable bonds is 9. The third-order valence-electron chi connectivity index (χ3n) is 1.38.